The van der Waals surface area contributed by atoms with Gasteiger partial charge in [-0.3, -0.25) is 0 Å². The number of rotatable bonds is 7. The highest BCUT2D eigenvalue weighted by Gasteiger charge is 2.08. The molecule has 23 heavy (non-hydrogen) atoms. The van der Waals surface area contributed by atoms with Crippen molar-refractivity contribution in [3.63, 3.8) is 0 Å². The fraction of sp³-hybridized carbons (Fsp3) is 0.588. The van der Waals surface area contributed by atoms with Gasteiger partial charge in [0, 0.05) is 25.3 Å². The molecule has 0 radical (unpaired) electrons. The van der Waals surface area contributed by atoms with Gasteiger partial charge in [-0.2, -0.15) is 4.80 Å². The Labute approximate surface area is 137 Å². The van der Waals surface area contributed by atoms with E-state index >= 15 is 0 Å². The maximum absolute atomic E-state index is 5.48. The van der Waals surface area contributed by atoms with E-state index in [-0.39, 0.29) is 0 Å². The fourth-order valence-electron chi connectivity index (χ4n) is 2.83. The first kappa shape index (κ1) is 16.1. The molecule has 1 fully saturated rings. The Bertz CT molecular complexity index is 563. The molecule has 0 unspecified atom stereocenters. The van der Waals surface area contributed by atoms with Crippen LogP contribution in [0.25, 0.3) is 11.4 Å². The molecule has 0 bridgehead atoms. The van der Waals surface area contributed by atoms with Gasteiger partial charge in [0.15, 0.2) is 0 Å². The number of benzene rings is 1. The van der Waals surface area contributed by atoms with Crippen LogP contribution in [-0.4, -0.2) is 58.0 Å². The van der Waals surface area contributed by atoms with Crippen molar-refractivity contribution in [1.82, 2.24) is 25.1 Å². The Morgan fingerprint density at radius 3 is 2.74 bits per heavy atom. The standard InChI is InChI=1S/C17H25N5O/c1-3-8-16(9-4-1)17-18-20-22(19-17)12-6-2-5-10-21-11-7-14-23-15-13-21/h1,3-4,8-9H,2,5-7,10-15H2. The SMILES string of the molecule is c1ccc(-c2nnn(CCCCCN3CCCOCC3)n2)cc1. The predicted octanol–water partition coefficient (Wildman–Crippen LogP) is 2.23. The van der Waals surface area contributed by atoms with E-state index in [0.717, 1.165) is 44.7 Å². The van der Waals surface area contributed by atoms with E-state index in [9.17, 15) is 0 Å². The summed E-state index contributed by atoms with van der Waals surface area (Å²) in [4.78, 5) is 4.22. The first-order valence-electron chi connectivity index (χ1n) is 8.55. The molecule has 0 N–H and O–H groups in total. The van der Waals surface area contributed by atoms with Crippen molar-refractivity contribution in [2.45, 2.75) is 32.2 Å². The van der Waals surface area contributed by atoms with Crippen LogP contribution < -0.4 is 0 Å². The number of aryl methyl sites for hydroxylation is 1. The van der Waals surface area contributed by atoms with Gasteiger partial charge in [-0.1, -0.05) is 36.8 Å². The van der Waals surface area contributed by atoms with Gasteiger partial charge in [-0.15, -0.1) is 10.2 Å². The molecule has 6 nitrogen and oxygen atoms in total. The lowest BCUT2D eigenvalue weighted by Gasteiger charge is -2.18. The second kappa shape index (κ2) is 8.74. The Balaban J connectivity index is 1.35. The second-order valence-electron chi connectivity index (χ2n) is 5.94. The summed E-state index contributed by atoms with van der Waals surface area (Å²) in [6.45, 7) is 6.05. The van der Waals surface area contributed by atoms with Crippen molar-refractivity contribution >= 4 is 0 Å². The number of unbranched alkanes of at least 4 members (excludes halogenated alkanes) is 2. The van der Waals surface area contributed by atoms with E-state index in [2.05, 4.69) is 20.3 Å². The van der Waals surface area contributed by atoms with Crippen molar-refractivity contribution in [2.24, 2.45) is 0 Å². The van der Waals surface area contributed by atoms with Gasteiger partial charge in [-0.05, 0) is 31.0 Å². The van der Waals surface area contributed by atoms with E-state index < -0.39 is 0 Å². The maximum Gasteiger partial charge on any atom is 0.204 e. The largest absolute Gasteiger partial charge is 0.380 e. The summed E-state index contributed by atoms with van der Waals surface area (Å²) in [6, 6.07) is 9.98. The quantitative estimate of drug-likeness (QED) is 0.733. The molecule has 1 aromatic heterocycles. The van der Waals surface area contributed by atoms with Gasteiger partial charge in [0.2, 0.25) is 5.82 Å². The van der Waals surface area contributed by atoms with Crippen molar-refractivity contribution in [3.05, 3.63) is 30.3 Å². The Hall–Kier alpha value is -1.79. The third-order valence-electron chi connectivity index (χ3n) is 4.13. The molecule has 1 saturated heterocycles. The maximum atomic E-state index is 5.48. The molecule has 1 aromatic carbocycles. The predicted molar refractivity (Wildman–Crippen MR) is 89.0 cm³/mol. The summed E-state index contributed by atoms with van der Waals surface area (Å²) in [6.07, 6.45) is 4.67. The first-order valence-corrected chi connectivity index (χ1v) is 8.55. The molecule has 6 heteroatoms. The van der Waals surface area contributed by atoms with Crippen molar-refractivity contribution in [2.75, 3.05) is 32.8 Å². The monoisotopic (exact) mass is 315 g/mol. The number of nitrogens with zero attached hydrogens (tertiary/aromatic N) is 5. The number of hydrogen-bond donors (Lipinski definition) is 0. The van der Waals surface area contributed by atoms with E-state index in [4.69, 9.17) is 4.74 Å². The number of tetrazole rings is 1. The van der Waals surface area contributed by atoms with Gasteiger partial charge >= 0.3 is 0 Å². The molecule has 124 valence electrons. The molecule has 0 amide bonds. The second-order valence-corrected chi connectivity index (χ2v) is 5.94. The summed E-state index contributed by atoms with van der Waals surface area (Å²) in [7, 11) is 0. The highest BCUT2D eigenvalue weighted by Crippen LogP contribution is 2.12. The normalized spacial score (nSPS) is 16.3. The summed E-state index contributed by atoms with van der Waals surface area (Å²) in [5, 5.41) is 12.7. The van der Waals surface area contributed by atoms with Crippen LogP contribution in [0, 0.1) is 0 Å². The Morgan fingerprint density at radius 2 is 1.83 bits per heavy atom. The number of hydrogen-bond acceptors (Lipinski definition) is 5. The van der Waals surface area contributed by atoms with Crippen molar-refractivity contribution < 1.29 is 4.74 Å². The minimum absolute atomic E-state index is 0.704. The molecule has 2 heterocycles. The lowest BCUT2D eigenvalue weighted by Crippen LogP contribution is -2.27. The molecule has 0 spiro atoms. The highest BCUT2D eigenvalue weighted by molar-refractivity contribution is 5.52. The highest BCUT2D eigenvalue weighted by atomic mass is 16.5. The van der Waals surface area contributed by atoms with Crippen LogP contribution in [0.1, 0.15) is 25.7 Å². The van der Waals surface area contributed by atoms with Crippen LogP contribution in [-0.2, 0) is 11.3 Å². The summed E-state index contributed by atoms with van der Waals surface area (Å²) in [5.41, 5.74) is 1.02. The fourth-order valence-corrected chi connectivity index (χ4v) is 2.83. The van der Waals surface area contributed by atoms with Crippen LogP contribution >= 0.6 is 0 Å². The van der Waals surface area contributed by atoms with E-state index in [1.165, 1.54) is 25.9 Å². The van der Waals surface area contributed by atoms with Gasteiger partial charge in [0.05, 0.1) is 13.2 Å². The lowest BCUT2D eigenvalue weighted by molar-refractivity contribution is 0.141. The van der Waals surface area contributed by atoms with Gasteiger partial charge < -0.3 is 9.64 Å². The van der Waals surface area contributed by atoms with Gasteiger partial charge in [0.1, 0.15) is 0 Å². The van der Waals surface area contributed by atoms with Crippen LogP contribution in [0.4, 0.5) is 0 Å². The van der Waals surface area contributed by atoms with Crippen LogP contribution in [0.5, 0.6) is 0 Å². The molecule has 2 aromatic rings. The van der Waals surface area contributed by atoms with E-state index in [1.807, 2.05) is 30.3 Å². The summed E-state index contributed by atoms with van der Waals surface area (Å²) in [5.74, 6) is 0.704. The van der Waals surface area contributed by atoms with Crippen molar-refractivity contribution in [1.29, 1.82) is 0 Å². The smallest absolute Gasteiger partial charge is 0.204 e. The van der Waals surface area contributed by atoms with E-state index in [0.29, 0.717) is 5.82 Å². The molecule has 0 atom stereocenters. The molecular weight excluding hydrogens is 290 g/mol. The molecular formula is C17H25N5O. The zero-order chi connectivity index (χ0) is 15.7. The lowest BCUT2D eigenvalue weighted by atomic mass is 10.2. The minimum atomic E-state index is 0.704. The topological polar surface area (TPSA) is 56.1 Å². The van der Waals surface area contributed by atoms with Crippen LogP contribution in [0.2, 0.25) is 0 Å². The zero-order valence-corrected chi connectivity index (χ0v) is 13.6. The zero-order valence-electron chi connectivity index (χ0n) is 13.6. The average molecular weight is 315 g/mol. The van der Waals surface area contributed by atoms with Crippen LogP contribution in [0.15, 0.2) is 30.3 Å². The Kier molecular flexibility index (Phi) is 6.11. The molecule has 1 aliphatic heterocycles. The van der Waals surface area contributed by atoms with Crippen molar-refractivity contribution in [3.8, 4) is 11.4 Å². The number of aromatic nitrogens is 4. The third kappa shape index (κ3) is 5.11. The Morgan fingerprint density at radius 1 is 0.957 bits per heavy atom. The average Bonchev–Trinajstić information content (AvgIpc) is 2.91. The molecule has 0 saturated carbocycles. The summed E-state index contributed by atoms with van der Waals surface area (Å²) < 4.78 is 5.48. The third-order valence-corrected chi connectivity index (χ3v) is 4.13. The van der Waals surface area contributed by atoms with E-state index in [1.54, 1.807) is 4.80 Å². The van der Waals surface area contributed by atoms with Crippen LogP contribution in [0.3, 0.4) is 0 Å². The van der Waals surface area contributed by atoms with Gasteiger partial charge in [-0.25, -0.2) is 0 Å². The summed E-state index contributed by atoms with van der Waals surface area (Å²) >= 11 is 0. The van der Waals surface area contributed by atoms with Gasteiger partial charge in [0.25, 0.3) is 0 Å². The number of ether oxygens (including phenoxy) is 1. The molecule has 0 aliphatic carbocycles. The molecule has 3 rings (SSSR count). The first-order chi connectivity index (χ1) is 11.4. The minimum Gasteiger partial charge on any atom is -0.380 e. The molecule has 1 aliphatic rings.